The molecule has 0 atom stereocenters. The normalized spacial score (nSPS) is 17.9. The molecule has 0 aliphatic heterocycles. The molecular weight excluding hydrogens is 263 g/mol. The Morgan fingerprint density at radius 1 is 1.50 bits per heavy atom. The van der Waals surface area contributed by atoms with E-state index in [-0.39, 0.29) is 5.60 Å². The number of benzene rings is 1. The van der Waals surface area contributed by atoms with Gasteiger partial charge in [0.25, 0.3) is 0 Å². The molecule has 0 amide bonds. The average molecular weight is 276 g/mol. The lowest BCUT2D eigenvalue weighted by Crippen LogP contribution is -2.20. The minimum Gasteiger partial charge on any atom is -0.486 e. The van der Waals surface area contributed by atoms with Crippen molar-refractivity contribution in [3.63, 3.8) is 0 Å². The molecule has 3 heteroatoms. The second-order valence-corrected chi connectivity index (χ2v) is 5.01. The molecule has 1 aliphatic rings. The van der Waals surface area contributed by atoms with Crippen LogP contribution >= 0.6 is 27.5 Å². The third kappa shape index (κ3) is 2.06. The zero-order chi connectivity index (χ0) is 10.2. The van der Waals surface area contributed by atoms with Gasteiger partial charge >= 0.3 is 0 Å². The second kappa shape index (κ2) is 3.74. The van der Waals surface area contributed by atoms with E-state index < -0.39 is 0 Å². The molecule has 0 N–H and O–H groups in total. The highest BCUT2D eigenvalue weighted by atomic mass is 79.9. The molecule has 14 heavy (non-hydrogen) atoms. The van der Waals surface area contributed by atoms with Crippen LogP contribution in [-0.4, -0.2) is 11.5 Å². The van der Waals surface area contributed by atoms with Crippen molar-refractivity contribution in [3.8, 4) is 5.75 Å². The maximum Gasteiger partial charge on any atom is 0.124 e. The standard InChI is InChI=1S/C11H12BrClO/c1-8-2-3-9(12)6-10(8)14-11(7-13)4-5-11/h2-3,6H,4-5,7H2,1H3. The van der Waals surface area contributed by atoms with Gasteiger partial charge in [0.15, 0.2) is 0 Å². The van der Waals surface area contributed by atoms with Crippen LogP contribution in [0, 0.1) is 6.92 Å². The van der Waals surface area contributed by atoms with Crippen LogP contribution < -0.4 is 4.74 Å². The number of hydrogen-bond donors (Lipinski definition) is 0. The van der Waals surface area contributed by atoms with Gasteiger partial charge in [-0.15, -0.1) is 11.6 Å². The third-order valence-corrected chi connectivity index (χ3v) is 3.51. The molecule has 1 aliphatic carbocycles. The molecular formula is C11H12BrClO. The smallest absolute Gasteiger partial charge is 0.124 e. The van der Waals surface area contributed by atoms with E-state index in [2.05, 4.69) is 15.9 Å². The van der Waals surface area contributed by atoms with E-state index in [1.165, 1.54) is 0 Å². The molecule has 1 aromatic carbocycles. The lowest BCUT2D eigenvalue weighted by Gasteiger charge is -2.17. The Labute approximate surface area is 97.5 Å². The maximum atomic E-state index is 5.91. The molecule has 0 radical (unpaired) electrons. The number of aryl methyl sites for hydroxylation is 1. The van der Waals surface area contributed by atoms with Gasteiger partial charge in [0.05, 0.1) is 5.88 Å². The van der Waals surface area contributed by atoms with Crippen molar-refractivity contribution in [2.45, 2.75) is 25.4 Å². The molecule has 0 aromatic heterocycles. The van der Waals surface area contributed by atoms with E-state index in [0.29, 0.717) is 5.88 Å². The van der Waals surface area contributed by atoms with Crippen LogP contribution in [0.25, 0.3) is 0 Å². The summed E-state index contributed by atoms with van der Waals surface area (Å²) in [6.07, 6.45) is 2.14. The Morgan fingerprint density at radius 2 is 2.21 bits per heavy atom. The summed E-state index contributed by atoms with van der Waals surface area (Å²) in [5.74, 6) is 1.52. The number of rotatable bonds is 3. The fraction of sp³-hybridized carbons (Fsp3) is 0.455. The van der Waals surface area contributed by atoms with Gasteiger partial charge in [-0.2, -0.15) is 0 Å². The van der Waals surface area contributed by atoms with Gasteiger partial charge in [-0.1, -0.05) is 22.0 Å². The Bertz CT molecular complexity index is 347. The number of halogens is 2. The zero-order valence-electron chi connectivity index (χ0n) is 8.02. The Kier molecular flexibility index (Phi) is 2.76. The molecule has 76 valence electrons. The Hall–Kier alpha value is -0.210. The van der Waals surface area contributed by atoms with Gasteiger partial charge < -0.3 is 4.74 Å². The highest BCUT2D eigenvalue weighted by Gasteiger charge is 2.44. The second-order valence-electron chi connectivity index (χ2n) is 3.83. The molecule has 0 bridgehead atoms. The van der Waals surface area contributed by atoms with Crippen LogP contribution in [0.4, 0.5) is 0 Å². The van der Waals surface area contributed by atoms with E-state index in [1.807, 2.05) is 25.1 Å². The highest BCUT2D eigenvalue weighted by Crippen LogP contribution is 2.42. The quantitative estimate of drug-likeness (QED) is 0.760. The first-order valence-electron chi connectivity index (χ1n) is 4.66. The zero-order valence-corrected chi connectivity index (χ0v) is 10.4. The first kappa shape index (κ1) is 10.3. The summed E-state index contributed by atoms with van der Waals surface area (Å²) in [5, 5.41) is 0. The lowest BCUT2D eigenvalue weighted by molar-refractivity contribution is 0.202. The van der Waals surface area contributed by atoms with E-state index in [4.69, 9.17) is 16.3 Å². The van der Waals surface area contributed by atoms with Crippen molar-refractivity contribution in [2.75, 3.05) is 5.88 Å². The molecule has 0 saturated heterocycles. The summed E-state index contributed by atoms with van der Waals surface area (Å²) >= 11 is 9.29. The number of ether oxygens (including phenoxy) is 1. The summed E-state index contributed by atoms with van der Waals surface area (Å²) in [4.78, 5) is 0. The highest BCUT2D eigenvalue weighted by molar-refractivity contribution is 9.10. The minimum atomic E-state index is -0.0763. The van der Waals surface area contributed by atoms with Crippen LogP contribution in [0.5, 0.6) is 5.75 Å². The van der Waals surface area contributed by atoms with Crippen molar-refractivity contribution in [1.82, 2.24) is 0 Å². The van der Waals surface area contributed by atoms with Gasteiger partial charge in [0.2, 0.25) is 0 Å². The van der Waals surface area contributed by atoms with Crippen LogP contribution in [0.3, 0.4) is 0 Å². The minimum absolute atomic E-state index is 0.0763. The first-order valence-corrected chi connectivity index (χ1v) is 5.99. The van der Waals surface area contributed by atoms with Crippen LogP contribution in [0.2, 0.25) is 0 Å². The van der Waals surface area contributed by atoms with Gasteiger partial charge in [0.1, 0.15) is 11.4 Å². The lowest BCUT2D eigenvalue weighted by atomic mass is 10.2. The van der Waals surface area contributed by atoms with E-state index >= 15 is 0 Å². The SMILES string of the molecule is Cc1ccc(Br)cc1OC1(CCl)CC1. The summed E-state index contributed by atoms with van der Waals surface area (Å²) < 4.78 is 6.96. The van der Waals surface area contributed by atoms with Crippen LogP contribution in [0.15, 0.2) is 22.7 Å². The molecule has 2 rings (SSSR count). The summed E-state index contributed by atoms with van der Waals surface area (Å²) in [5.41, 5.74) is 1.08. The van der Waals surface area contributed by atoms with Crippen LogP contribution in [0.1, 0.15) is 18.4 Å². The Balaban J connectivity index is 2.20. The third-order valence-electron chi connectivity index (χ3n) is 2.53. The average Bonchev–Trinajstić information content (AvgIpc) is 2.92. The number of hydrogen-bond acceptors (Lipinski definition) is 1. The van der Waals surface area contributed by atoms with E-state index in [9.17, 15) is 0 Å². The van der Waals surface area contributed by atoms with E-state index in [1.54, 1.807) is 0 Å². The topological polar surface area (TPSA) is 9.23 Å². The predicted molar refractivity (Wildman–Crippen MR) is 62.2 cm³/mol. The molecule has 0 heterocycles. The van der Waals surface area contributed by atoms with Crippen molar-refractivity contribution < 1.29 is 4.74 Å². The fourth-order valence-corrected chi connectivity index (χ4v) is 1.98. The van der Waals surface area contributed by atoms with Crippen molar-refractivity contribution in [2.24, 2.45) is 0 Å². The monoisotopic (exact) mass is 274 g/mol. The largest absolute Gasteiger partial charge is 0.486 e. The van der Waals surface area contributed by atoms with Gasteiger partial charge in [-0.25, -0.2) is 0 Å². The van der Waals surface area contributed by atoms with Crippen LogP contribution in [-0.2, 0) is 0 Å². The van der Waals surface area contributed by atoms with Crippen molar-refractivity contribution in [3.05, 3.63) is 28.2 Å². The van der Waals surface area contributed by atoms with Gasteiger partial charge in [0, 0.05) is 4.47 Å². The number of alkyl halides is 1. The molecule has 1 fully saturated rings. The Morgan fingerprint density at radius 3 is 2.79 bits per heavy atom. The maximum absolute atomic E-state index is 5.91. The first-order chi connectivity index (χ1) is 6.65. The molecule has 1 saturated carbocycles. The molecule has 1 aromatic rings. The summed E-state index contributed by atoms with van der Waals surface area (Å²) in [7, 11) is 0. The predicted octanol–water partition coefficient (Wildman–Crippen LogP) is 3.91. The fourth-order valence-electron chi connectivity index (χ4n) is 1.32. The molecule has 0 spiro atoms. The molecule has 1 nitrogen and oxygen atoms in total. The summed E-state index contributed by atoms with van der Waals surface area (Å²) in [6, 6.07) is 6.06. The van der Waals surface area contributed by atoms with Gasteiger partial charge in [-0.05, 0) is 37.5 Å². The van der Waals surface area contributed by atoms with E-state index in [0.717, 1.165) is 28.6 Å². The van der Waals surface area contributed by atoms with Crippen molar-refractivity contribution in [1.29, 1.82) is 0 Å². The van der Waals surface area contributed by atoms with Gasteiger partial charge in [-0.3, -0.25) is 0 Å². The summed E-state index contributed by atoms with van der Waals surface area (Å²) in [6.45, 7) is 2.05. The van der Waals surface area contributed by atoms with Crippen molar-refractivity contribution >= 4 is 27.5 Å². The molecule has 0 unspecified atom stereocenters.